The molecule has 1 heterocycles. The topological polar surface area (TPSA) is 44.4 Å². The fourth-order valence-corrected chi connectivity index (χ4v) is 3.40. The van der Waals surface area contributed by atoms with E-state index in [1.807, 2.05) is 30.3 Å². The third-order valence-corrected chi connectivity index (χ3v) is 4.99. The maximum absolute atomic E-state index is 12.2. The van der Waals surface area contributed by atoms with Gasteiger partial charge in [0.25, 0.3) is 0 Å². The van der Waals surface area contributed by atoms with Crippen molar-refractivity contribution in [2.75, 3.05) is 29.9 Å². The van der Waals surface area contributed by atoms with Crippen molar-refractivity contribution in [1.82, 2.24) is 5.32 Å². The summed E-state index contributed by atoms with van der Waals surface area (Å²) < 4.78 is 0. The summed E-state index contributed by atoms with van der Waals surface area (Å²) in [6.45, 7) is 4.63. The zero-order valence-corrected chi connectivity index (χ0v) is 15.6. The number of hydrogen-bond acceptors (Lipinski definition) is 3. The highest BCUT2D eigenvalue weighted by atomic mass is 16.1. The SMILES string of the molecule is C[C@H](NCC(=O)Nc1ccc(N2CCCCCC2)cc1)c1ccccc1. The molecule has 4 heteroatoms. The number of rotatable bonds is 6. The predicted octanol–water partition coefficient (Wildman–Crippen LogP) is 4.36. The van der Waals surface area contributed by atoms with Crippen molar-refractivity contribution in [3.05, 3.63) is 60.2 Å². The highest BCUT2D eigenvalue weighted by Crippen LogP contribution is 2.21. The molecule has 2 aromatic carbocycles. The van der Waals surface area contributed by atoms with Crippen LogP contribution >= 0.6 is 0 Å². The summed E-state index contributed by atoms with van der Waals surface area (Å²) in [6.07, 6.45) is 5.20. The normalized spacial score (nSPS) is 16.0. The average molecular weight is 351 g/mol. The number of anilines is 2. The largest absolute Gasteiger partial charge is 0.372 e. The molecule has 0 radical (unpaired) electrons. The third-order valence-electron chi connectivity index (χ3n) is 4.99. The van der Waals surface area contributed by atoms with Gasteiger partial charge < -0.3 is 15.5 Å². The van der Waals surface area contributed by atoms with Crippen molar-refractivity contribution in [3.8, 4) is 0 Å². The molecule has 0 bridgehead atoms. The minimum atomic E-state index is -0.0182. The molecule has 26 heavy (non-hydrogen) atoms. The Morgan fingerprint density at radius 3 is 2.27 bits per heavy atom. The lowest BCUT2D eigenvalue weighted by Gasteiger charge is -2.22. The van der Waals surface area contributed by atoms with E-state index in [1.165, 1.54) is 36.9 Å². The van der Waals surface area contributed by atoms with Crippen molar-refractivity contribution in [3.63, 3.8) is 0 Å². The molecule has 1 aliphatic rings. The summed E-state index contributed by atoms with van der Waals surface area (Å²) in [7, 11) is 0. The predicted molar refractivity (Wildman–Crippen MR) is 109 cm³/mol. The molecule has 1 aliphatic heterocycles. The molecule has 1 amide bonds. The molecule has 138 valence electrons. The molecule has 0 unspecified atom stereocenters. The van der Waals surface area contributed by atoms with Crippen LogP contribution in [0, 0.1) is 0 Å². The number of amides is 1. The Morgan fingerprint density at radius 1 is 0.962 bits per heavy atom. The number of nitrogens with one attached hydrogen (secondary N) is 2. The molecule has 2 N–H and O–H groups in total. The minimum Gasteiger partial charge on any atom is -0.372 e. The third kappa shape index (κ3) is 5.33. The van der Waals surface area contributed by atoms with Gasteiger partial charge in [0.1, 0.15) is 0 Å². The van der Waals surface area contributed by atoms with Crippen LogP contribution in [0.3, 0.4) is 0 Å². The molecule has 0 saturated carbocycles. The van der Waals surface area contributed by atoms with E-state index in [1.54, 1.807) is 0 Å². The van der Waals surface area contributed by atoms with Crippen LogP contribution in [-0.2, 0) is 4.79 Å². The molecule has 0 aliphatic carbocycles. The van der Waals surface area contributed by atoms with Gasteiger partial charge in [-0.05, 0) is 49.6 Å². The van der Waals surface area contributed by atoms with Crippen LogP contribution in [0.4, 0.5) is 11.4 Å². The lowest BCUT2D eigenvalue weighted by atomic mass is 10.1. The molecule has 1 atom stereocenters. The van der Waals surface area contributed by atoms with Crippen molar-refractivity contribution >= 4 is 17.3 Å². The van der Waals surface area contributed by atoms with Gasteiger partial charge in [-0.15, -0.1) is 0 Å². The van der Waals surface area contributed by atoms with E-state index in [2.05, 4.69) is 46.7 Å². The fourth-order valence-electron chi connectivity index (χ4n) is 3.40. The number of benzene rings is 2. The van der Waals surface area contributed by atoms with E-state index in [9.17, 15) is 4.79 Å². The smallest absolute Gasteiger partial charge is 0.238 e. The summed E-state index contributed by atoms with van der Waals surface area (Å²) in [5.41, 5.74) is 3.28. The molecular formula is C22H29N3O. The van der Waals surface area contributed by atoms with Gasteiger partial charge in [-0.3, -0.25) is 4.79 Å². The molecule has 2 aromatic rings. The Morgan fingerprint density at radius 2 is 1.62 bits per heavy atom. The summed E-state index contributed by atoms with van der Waals surface area (Å²) in [5.74, 6) is -0.0182. The van der Waals surface area contributed by atoms with Gasteiger partial charge in [-0.25, -0.2) is 0 Å². The second-order valence-corrected chi connectivity index (χ2v) is 7.01. The van der Waals surface area contributed by atoms with Gasteiger partial charge in [0.05, 0.1) is 6.54 Å². The molecule has 3 rings (SSSR count). The summed E-state index contributed by atoms with van der Waals surface area (Å²) in [6, 6.07) is 18.5. The first-order valence-electron chi connectivity index (χ1n) is 9.65. The van der Waals surface area contributed by atoms with Gasteiger partial charge in [0.2, 0.25) is 5.91 Å². The Hall–Kier alpha value is -2.33. The van der Waals surface area contributed by atoms with Crippen LogP contribution < -0.4 is 15.5 Å². The molecular weight excluding hydrogens is 322 g/mol. The summed E-state index contributed by atoms with van der Waals surface area (Å²) >= 11 is 0. The first-order valence-corrected chi connectivity index (χ1v) is 9.65. The second kappa shape index (κ2) is 9.39. The molecule has 1 fully saturated rings. The van der Waals surface area contributed by atoms with Crippen LogP contribution in [0.15, 0.2) is 54.6 Å². The molecule has 0 aromatic heterocycles. The monoisotopic (exact) mass is 351 g/mol. The number of carbonyl (C=O) groups is 1. The first-order chi connectivity index (χ1) is 12.7. The maximum atomic E-state index is 12.2. The minimum absolute atomic E-state index is 0.0182. The van der Waals surface area contributed by atoms with Gasteiger partial charge >= 0.3 is 0 Å². The fraction of sp³-hybridized carbons (Fsp3) is 0.409. The van der Waals surface area contributed by atoms with Crippen LogP contribution in [-0.4, -0.2) is 25.5 Å². The molecule has 4 nitrogen and oxygen atoms in total. The zero-order chi connectivity index (χ0) is 18.2. The van der Waals surface area contributed by atoms with E-state index in [4.69, 9.17) is 0 Å². The lowest BCUT2D eigenvalue weighted by Crippen LogP contribution is -2.30. The van der Waals surface area contributed by atoms with Crippen LogP contribution in [0.25, 0.3) is 0 Å². The quantitative estimate of drug-likeness (QED) is 0.813. The Kier molecular flexibility index (Phi) is 6.67. The van der Waals surface area contributed by atoms with E-state index >= 15 is 0 Å². The second-order valence-electron chi connectivity index (χ2n) is 7.01. The number of hydrogen-bond donors (Lipinski definition) is 2. The Bertz CT molecular complexity index is 676. The highest BCUT2D eigenvalue weighted by Gasteiger charge is 2.11. The van der Waals surface area contributed by atoms with Crippen LogP contribution in [0.1, 0.15) is 44.2 Å². The van der Waals surface area contributed by atoms with E-state index in [0.29, 0.717) is 6.54 Å². The van der Waals surface area contributed by atoms with E-state index in [-0.39, 0.29) is 11.9 Å². The van der Waals surface area contributed by atoms with Gasteiger partial charge in [-0.2, -0.15) is 0 Å². The first kappa shape index (κ1) is 18.5. The Labute approximate surface area is 156 Å². The van der Waals surface area contributed by atoms with Gasteiger partial charge in [-0.1, -0.05) is 43.2 Å². The zero-order valence-electron chi connectivity index (χ0n) is 15.6. The van der Waals surface area contributed by atoms with Crippen molar-refractivity contribution in [2.45, 2.75) is 38.6 Å². The van der Waals surface area contributed by atoms with Crippen molar-refractivity contribution < 1.29 is 4.79 Å². The Balaban J connectivity index is 1.48. The summed E-state index contributed by atoms with van der Waals surface area (Å²) in [4.78, 5) is 14.6. The molecule has 1 saturated heterocycles. The van der Waals surface area contributed by atoms with E-state index < -0.39 is 0 Å². The maximum Gasteiger partial charge on any atom is 0.238 e. The number of carbonyl (C=O) groups excluding carboxylic acids is 1. The van der Waals surface area contributed by atoms with Crippen LogP contribution in [0.2, 0.25) is 0 Å². The van der Waals surface area contributed by atoms with Crippen molar-refractivity contribution in [2.24, 2.45) is 0 Å². The van der Waals surface area contributed by atoms with Crippen molar-refractivity contribution in [1.29, 1.82) is 0 Å². The highest BCUT2D eigenvalue weighted by molar-refractivity contribution is 5.92. The van der Waals surface area contributed by atoms with E-state index in [0.717, 1.165) is 18.8 Å². The molecule has 0 spiro atoms. The van der Waals surface area contributed by atoms with Crippen LogP contribution in [0.5, 0.6) is 0 Å². The van der Waals surface area contributed by atoms with Gasteiger partial charge in [0.15, 0.2) is 0 Å². The average Bonchev–Trinajstić information content (AvgIpc) is 2.97. The summed E-state index contributed by atoms with van der Waals surface area (Å²) in [5, 5.41) is 6.24. The standard InChI is InChI=1S/C22H29N3O/c1-18(19-9-5-4-6-10-19)23-17-22(26)24-20-11-13-21(14-12-20)25-15-7-2-3-8-16-25/h4-6,9-14,18,23H,2-3,7-8,15-17H2,1H3,(H,24,26)/t18-/m0/s1. The van der Waals surface area contributed by atoms with Gasteiger partial charge in [0, 0.05) is 30.5 Å². The lowest BCUT2D eigenvalue weighted by molar-refractivity contribution is -0.115. The number of nitrogens with zero attached hydrogens (tertiary/aromatic N) is 1.